The molecule has 0 radical (unpaired) electrons. The number of alkyl halides is 1. The predicted octanol–water partition coefficient (Wildman–Crippen LogP) is 5.07. The molecule has 20 heavy (non-hydrogen) atoms. The van der Waals surface area contributed by atoms with Gasteiger partial charge in [-0.2, -0.15) is 0 Å². The van der Waals surface area contributed by atoms with Gasteiger partial charge in [0.2, 0.25) is 0 Å². The minimum absolute atomic E-state index is 0.244. The maximum absolute atomic E-state index is 13.7. The summed E-state index contributed by atoms with van der Waals surface area (Å²) in [5, 5.41) is 0.761. The molecule has 3 heteroatoms. The topological polar surface area (TPSA) is 0 Å². The van der Waals surface area contributed by atoms with E-state index in [9.17, 15) is 8.78 Å². The van der Waals surface area contributed by atoms with Crippen LogP contribution in [-0.4, -0.2) is 5.33 Å². The zero-order valence-electron chi connectivity index (χ0n) is 11.4. The lowest BCUT2D eigenvalue weighted by molar-refractivity contribution is 0.485. The summed E-state index contributed by atoms with van der Waals surface area (Å²) in [5.74, 6) is -1.25. The fraction of sp³-hybridized carbons (Fsp3) is 0.294. The first-order valence-electron chi connectivity index (χ1n) is 6.64. The van der Waals surface area contributed by atoms with E-state index in [0.717, 1.165) is 17.8 Å². The summed E-state index contributed by atoms with van der Waals surface area (Å²) in [6.45, 7) is 2.05. The normalized spacial score (nSPS) is 12.4. The van der Waals surface area contributed by atoms with Crippen LogP contribution in [0.2, 0.25) is 0 Å². The van der Waals surface area contributed by atoms with Gasteiger partial charge in [-0.1, -0.05) is 57.9 Å². The summed E-state index contributed by atoms with van der Waals surface area (Å²) in [5.41, 5.74) is 2.89. The maximum atomic E-state index is 13.7. The van der Waals surface area contributed by atoms with Crippen molar-refractivity contribution in [3.05, 3.63) is 70.8 Å². The first-order chi connectivity index (χ1) is 9.60. The molecular formula is C17H17BrF2. The van der Waals surface area contributed by atoms with Crippen LogP contribution in [0.1, 0.15) is 16.7 Å². The third-order valence-corrected chi connectivity index (χ3v) is 4.28. The van der Waals surface area contributed by atoms with Gasteiger partial charge in [-0.05, 0) is 42.9 Å². The number of hydrogen-bond acceptors (Lipinski definition) is 0. The van der Waals surface area contributed by atoms with Gasteiger partial charge in [0.15, 0.2) is 11.6 Å². The highest BCUT2D eigenvalue weighted by Gasteiger charge is 2.14. The van der Waals surface area contributed by atoms with Crippen molar-refractivity contribution in [2.45, 2.75) is 19.8 Å². The van der Waals surface area contributed by atoms with Crippen LogP contribution in [0.15, 0.2) is 42.5 Å². The molecule has 0 nitrogen and oxygen atoms in total. The van der Waals surface area contributed by atoms with Crippen molar-refractivity contribution in [1.82, 2.24) is 0 Å². The van der Waals surface area contributed by atoms with Crippen LogP contribution in [-0.2, 0) is 12.8 Å². The van der Waals surface area contributed by atoms with E-state index in [1.165, 1.54) is 11.1 Å². The van der Waals surface area contributed by atoms with E-state index in [-0.39, 0.29) is 5.92 Å². The monoisotopic (exact) mass is 338 g/mol. The number of rotatable bonds is 5. The van der Waals surface area contributed by atoms with Gasteiger partial charge in [-0.15, -0.1) is 0 Å². The van der Waals surface area contributed by atoms with E-state index in [4.69, 9.17) is 0 Å². The molecule has 2 aromatic carbocycles. The fourth-order valence-corrected chi connectivity index (χ4v) is 2.83. The van der Waals surface area contributed by atoms with Crippen LogP contribution in [0.5, 0.6) is 0 Å². The second-order valence-electron chi connectivity index (χ2n) is 5.13. The first-order valence-corrected chi connectivity index (χ1v) is 7.76. The number of halogens is 3. The van der Waals surface area contributed by atoms with Gasteiger partial charge in [0.25, 0.3) is 0 Å². The molecule has 0 aromatic heterocycles. The van der Waals surface area contributed by atoms with Gasteiger partial charge >= 0.3 is 0 Å². The number of benzene rings is 2. The highest BCUT2D eigenvalue weighted by molar-refractivity contribution is 9.09. The van der Waals surface area contributed by atoms with E-state index in [2.05, 4.69) is 41.1 Å². The maximum Gasteiger partial charge on any atom is 0.162 e. The van der Waals surface area contributed by atoms with Crippen LogP contribution in [0.25, 0.3) is 0 Å². The molecule has 2 aromatic rings. The van der Waals surface area contributed by atoms with E-state index in [1.54, 1.807) is 12.1 Å². The quantitative estimate of drug-likeness (QED) is 0.667. The SMILES string of the molecule is Cc1cccc(CC(CBr)Cc2cccc(F)c2F)c1. The summed E-state index contributed by atoms with van der Waals surface area (Å²) in [6, 6.07) is 12.7. The smallest absolute Gasteiger partial charge is 0.162 e. The second kappa shape index (κ2) is 6.98. The minimum Gasteiger partial charge on any atom is -0.204 e. The lowest BCUT2D eigenvalue weighted by atomic mass is 9.93. The minimum atomic E-state index is -0.772. The van der Waals surface area contributed by atoms with Gasteiger partial charge in [0.1, 0.15) is 0 Å². The average molecular weight is 339 g/mol. The summed E-state index contributed by atoms with van der Waals surface area (Å²) >= 11 is 3.48. The number of aryl methyl sites for hydroxylation is 1. The average Bonchev–Trinajstić information content (AvgIpc) is 2.43. The Morgan fingerprint density at radius 3 is 2.50 bits per heavy atom. The van der Waals surface area contributed by atoms with Crippen LogP contribution in [0.4, 0.5) is 8.78 Å². The molecule has 0 N–H and O–H groups in total. The van der Waals surface area contributed by atoms with Crippen LogP contribution in [0, 0.1) is 24.5 Å². The molecule has 106 valence electrons. The molecule has 0 saturated carbocycles. The van der Waals surface area contributed by atoms with E-state index in [0.29, 0.717) is 12.0 Å². The molecule has 0 aliphatic carbocycles. The predicted molar refractivity (Wildman–Crippen MR) is 82.2 cm³/mol. The van der Waals surface area contributed by atoms with E-state index < -0.39 is 11.6 Å². The van der Waals surface area contributed by atoms with Crippen molar-refractivity contribution in [2.24, 2.45) is 5.92 Å². The zero-order valence-corrected chi connectivity index (χ0v) is 13.0. The zero-order chi connectivity index (χ0) is 14.5. The van der Waals surface area contributed by atoms with Crippen LogP contribution < -0.4 is 0 Å². The summed E-state index contributed by atoms with van der Waals surface area (Å²) < 4.78 is 26.9. The number of hydrogen-bond donors (Lipinski definition) is 0. The Balaban J connectivity index is 2.11. The van der Waals surface area contributed by atoms with Gasteiger partial charge in [-0.25, -0.2) is 8.78 Å². The molecule has 0 aliphatic rings. The fourth-order valence-electron chi connectivity index (χ4n) is 2.37. The lowest BCUT2D eigenvalue weighted by Crippen LogP contribution is -2.11. The molecular weight excluding hydrogens is 322 g/mol. The summed E-state index contributed by atoms with van der Waals surface area (Å²) in [7, 11) is 0. The Bertz CT molecular complexity index is 581. The molecule has 0 amide bonds. The molecule has 0 aliphatic heterocycles. The summed E-state index contributed by atoms with van der Waals surface area (Å²) in [4.78, 5) is 0. The van der Waals surface area contributed by atoms with Crippen LogP contribution >= 0.6 is 15.9 Å². The van der Waals surface area contributed by atoms with Crippen molar-refractivity contribution in [3.63, 3.8) is 0 Å². The van der Waals surface area contributed by atoms with E-state index >= 15 is 0 Å². The molecule has 0 fully saturated rings. The standard InChI is InChI=1S/C17H17BrF2/c1-12-4-2-5-13(8-12)9-14(11-18)10-15-6-3-7-16(19)17(15)20/h2-8,14H,9-11H2,1H3. The van der Waals surface area contributed by atoms with Crippen molar-refractivity contribution in [2.75, 3.05) is 5.33 Å². The van der Waals surface area contributed by atoms with Crippen molar-refractivity contribution in [3.8, 4) is 0 Å². The third-order valence-electron chi connectivity index (χ3n) is 3.37. The molecule has 2 rings (SSSR count). The first kappa shape index (κ1) is 15.2. The Hall–Kier alpha value is -1.22. The third kappa shape index (κ3) is 3.89. The lowest BCUT2D eigenvalue weighted by Gasteiger charge is -2.15. The van der Waals surface area contributed by atoms with Crippen molar-refractivity contribution in [1.29, 1.82) is 0 Å². The molecule has 0 saturated heterocycles. The Labute approximate surface area is 127 Å². The van der Waals surface area contributed by atoms with Gasteiger partial charge in [0.05, 0.1) is 0 Å². The van der Waals surface area contributed by atoms with Gasteiger partial charge < -0.3 is 0 Å². The van der Waals surface area contributed by atoms with Crippen molar-refractivity contribution >= 4 is 15.9 Å². The molecule has 1 unspecified atom stereocenters. The molecule has 0 bridgehead atoms. The van der Waals surface area contributed by atoms with Gasteiger partial charge in [0, 0.05) is 5.33 Å². The van der Waals surface area contributed by atoms with Gasteiger partial charge in [-0.3, -0.25) is 0 Å². The van der Waals surface area contributed by atoms with E-state index in [1.807, 2.05) is 6.07 Å². The highest BCUT2D eigenvalue weighted by atomic mass is 79.9. The van der Waals surface area contributed by atoms with Crippen molar-refractivity contribution < 1.29 is 8.78 Å². The largest absolute Gasteiger partial charge is 0.204 e. The summed E-state index contributed by atoms with van der Waals surface area (Å²) in [6.07, 6.45) is 1.38. The molecule has 1 atom stereocenters. The highest BCUT2D eigenvalue weighted by Crippen LogP contribution is 2.20. The Morgan fingerprint density at radius 1 is 1.05 bits per heavy atom. The molecule has 0 heterocycles. The van der Waals surface area contributed by atoms with Crippen LogP contribution in [0.3, 0.4) is 0 Å². The molecule has 0 spiro atoms. The Kier molecular flexibility index (Phi) is 5.30. The Morgan fingerprint density at radius 2 is 1.80 bits per heavy atom. The second-order valence-corrected chi connectivity index (χ2v) is 5.78.